The van der Waals surface area contributed by atoms with Gasteiger partial charge in [0, 0.05) is 42.9 Å². The van der Waals surface area contributed by atoms with Gasteiger partial charge in [-0.05, 0) is 137 Å². The van der Waals surface area contributed by atoms with E-state index < -0.39 is 0 Å². The molecule has 10 nitrogen and oxygen atoms in total. The molecular formula is C61H74N4O6. The number of nitrogens with zero attached hydrogens (tertiary/aromatic N) is 3. The van der Waals surface area contributed by atoms with Gasteiger partial charge in [-0.15, -0.1) is 0 Å². The highest BCUT2D eigenvalue weighted by molar-refractivity contribution is 5.89. The minimum atomic E-state index is -0.250. The number of benzene rings is 6. The van der Waals surface area contributed by atoms with Crippen LogP contribution in [0.25, 0.3) is 32.3 Å². The molecule has 9 rings (SSSR count). The van der Waals surface area contributed by atoms with Gasteiger partial charge in [-0.2, -0.15) is 0 Å². The molecule has 0 amide bonds. The SMILES string of the molecule is CN(C)CCC(Oc1ccc2ccccc2c1)c1ccccn1.CN(C)CCC(Oc1cccc2ccccc12)C1CCCCCC1.CNCCC(Oc1cccc2ccccc12)c1ccco1.O=CO. The molecule has 374 valence electrons. The monoisotopic (exact) mass is 959 g/mol. The van der Waals surface area contributed by atoms with Gasteiger partial charge in [-0.1, -0.05) is 135 Å². The lowest BCUT2D eigenvalue weighted by Crippen LogP contribution is -2.31. The summed E-state index contributed by atoms with van der Waals surface area (Å²) >= 11 is 0. The summed E-state index contributed by atoms with van der Waals surface area (Å²) in [5.41, 5.74) is 0.975. The number of pyridine rings is 1. The minimum absolute atomic E-state index is 0.0419. The Hall–Kier alpha value is -6.72. The van der Waals surface area contributed by atoms with Gasteiger partial charge in [-0.3, -0.25) is 9.78 Å². The van der Waals surface area contributed by atoms with Gasteiger partial charge in [0.05, 0.1) is 12.0 Å². The molecule has 1 saturated carbocycles. The maximum atomic E-state index is 8.36. The first kappa shape index (κ1) is 53.6. The predicted octanol–water partition coefficient (Wildman–Crippen LogP) is 13.7. The summed E-state index contributed by atoms with van der Waals surface area (Å²) in [6.45, 7) is 2.66. The molecule has 0 saturated heterocycles. The highest BCUT2D eigenvalue weighted by atomic mass is 16.5. The van der Waals surface area contributed by atoms with Crippen LogP contribution in [0.2, 0.25) is 0 Å². The minimum Gasteiger partial charge on any atom is -0.489 e. The Balaban J connectivity index is 0.000000170. The Labute approximate surface area is 421 Å². The molecule has 0 spiro atoms. The summed E-state index contributed by atoms with van der Waals surface area (Å²) in [6, 6.07) is 53.8. The van der Waals surface area contributed by atoms with E-state index >= 15 is 0 Å². The van der Waals surface area contributed by atoms with Crippen molar-refractivity contribution in [3.05, 3.63) is 182 Å². The van der Waals surface area contributed by atoms with Crippen LogP contribution in [0, 0.1) is 5.92 Å². The summed E-state index contributed by atoms with van der Waals surface area (Å²) in [4.78, 5) is 17.3. The average Bonchev–Trinajstić information content (AvgIpc) is 3.81. The van der Waals surface area contributed by atoms with Crippen molar-refractivity contribution in [3.63, 3.8) is 0 Å². The standard InChI is InChI=1S/C22H31NO.C20H22N2O.C18H19NO2.CH2O2/c1-23(2)17-16-21(19-11-5-3-4-6-12-19)24-22-15-9-13-18-10-7-8-14-20(18)22;1-22(2)14-12-20(19-9-5-6-13-21-19)23-18-11-10-16-7-3-4-8-17(16)15-18;1-19-12-11-18(17-10-5-13-20-17)21-16-9-4-7-14-6-2-3-8-15(14)16;2-1-3/h7-10,13-15,19,21H,3-6,11-12,16-17H2,1-2H3;3-11,13,15,20H,12,14H2,1-2H3;2-10,13,18-19H,11-12H2,1H3;1H,(H,2,3). The van der Waals surface area contributed by atoms with Crippen LogP contribution in [0.5, 0.6) is 17.2 Å². The van der Waals surface area contributed by atoms with Crippen molar-refractivity contribution < 1.29 is 28.5 Å². The number of ether oxygens (including phenoxy) is 3. The van der Waals surface area contributed by atoms with E-state index in [-0.39, 0.29) is 18.7 Å². The lowest BCUT2D eigenvalue weighted by molar-refractivity contribution is -0.122. The number of hydrogen-bond donors (Lipinski definition) is 2. The number of nitrogens with one attached hydrogen (secondary N) is 1. The van der Waals surface area contributed by atoms with Crippen molar-refractivity contribution in [1.29, 1.82) is 0 Å². The molecule has 3 atom stereocenters. The van der Waals surface area contributed by atoms with Crippen LogP contribution in [0.1, 0.15) is 81.4 Å². The molecular weight excluding hydrogens is 885 g/mol. The second-order valence-corrected chi connectivity index (χ2v) is 18.5. The summed E-state index contributed by atoms with van der Waals surface area (Å²) in [5.74, 6) is 4.40. The second-order valence-electron chi connectivity index (χ2n) is 18.5. The van der Waals surface area contributed by atoms with E-state index in [4.69, 9.17) is 28.5 Å². The molecule has 0 aliphatic heterocycles. The molecule has 8 aromatic rings. The number of carbonyl (C=O) groups is 1. The van der Waals surface area contributed by atoms with Gasteiger partial charge in [0.2, 0.25) is 0 Å². The van der Waals surface area contributed by atoms with Gasteiger partial charge < -0.3 is 38.9 Å². The van der Waals surface area contributed by atoms with E-state index in [2.05, 4.69) is 139 Å². The van der Waals surface area contributed by atoms with Crippen LogP contribution in [0.3, 0.4) is 0 Å². The molecule has 2 N–H and O–H groups in total. The van der Waals surface area contributed by atoms with E-state index in [0.717, 1.165) is 73.0 Å². The van der Waals surface area contributed by atoms with Gasteiger partial charge in [0.1, 0.15) is 35.2 Å². The third-order valence-corrected chi connectivity index (χ3v) is 12.7. The Kier molecular flexibility index (Phi) is 22.3. The average molecular weight is 959 g/mol. The summed E-state index contributed by atoms with van der Waals surface area (Å²) in [6.07, 6.45) is 14.7. The van der Waals surface area contributed by atoms with Crippen molar-refractivity contribution in [3.8, 4) is 17.2 Å². The molecule has 2 aromatic heterocycles. The van der Waals surface area contributed by atoms with E-state index in [1.54, 1.807) is 6.26 Å². The molecule has 3 unspecified atom stereocenters. The molecule has 71 heavy (non-hydrogen) atoms. The van der Waals surface area contributed by atoms with Crippen LogP contribution in [-0.4, -0.2) is 87.3 Å². The van der Waals surface area contributed by atoms with Gasteiger partial charge in [0.25, 0.3) is 6.47 Å². The molecule has 0 bridgehead atoms. The number of furan rings is 1. The summed E-state index contributed by atoms with van der Waals surface area (Å²) in [5, 5.41) is 17.3. The quantitative estimate of drug-likeness (QED) is 0.0637. The number of carboxylic acid groups (broad SMARTS) is 1. The second kappa shape index (κ2) is 29.5. The summed E-state index contributed by atoms with van der Waals surface area (Å²) in [7, 11) is 10.4. The molecule has 1 aliphatic carbocycles. The first-order chi connectivity index (χ1) is 34.8. The smallest absolute Gasteiger partial charge is 0.290 e. The lowest BCUT2D eigenvalue weighted by Gasteiger charge is -2.29. The normalized spacial score (nSPS) is 13.9. The first-order valence-electron chi connectivity index (χ1n) is 25.2. The number of rotatable bonds is 18. The zero-order valence-electron chi connectivity index (χ0n) is 42.4. The molecule has 1 fully saturated rings. The zero-order valence-corrected chi connectivity index (χ0v) is 42.4. The van der Waals surface area contributed by atoms with Crippen molar-refractivity contribution in [1.82, 2.24) is 20.1 Å². The Morgan fingerprint density at radius 1 is 0.620 bits per heavy atom. The molecule has 1 aliphatic rings. The fourth-order valence-electron chi connectivity index (χ4n) is 9.00. The van der Waals surface area contributed by atoms with Crippen LogP contribution in [0.15, 0.2) is 175 Å². The number of aromatic nitrogens is 1. The first-order valence-corrected chi connectivity index (χ1v) is 25.2. The Morgan fingerprint density at radius 3 is 1.79 bits per heavy atom. The zero-order chi connectivity index (χ0) is 50.0. The highest BCUT2D eigenvalue weighted by Gasteiger charge is 2.25. The van der Waals surface area contributed by atoms with Gasteiger partial charge >= 0.3 is 0 Å². The lowest BCUT2D eigenvalue weighted by atomic mass is 9.91. The highest BCUT2D eigenvalue weighted by Crippen LogP contribution is 2.34. The van der Waals surface area contributed by atoms with E-state index in [1.165, 1.54) is 65.5 Å². The molecule has 0 radical (unpaired) electrons. The maximum absolute atomic E-state index is 8.36. The Bertz CT molecular complexity index is 2710. The number of hydrogen-bond acceptors (Lipinski definition) is 9. The molecule has 2 heterocycles. The predicted molar refractivity (Wildman–Crippen MR) is 291 cm³/mol. The van der Waals surface area contributed by atoms with Crippen LogP contribution in [0.4, 0.5) is 0 Å². The van der Waals surface area contributed by atoms with Gasteiger partial charge in [-0.25, -0.2) is 0 Å². The third-order valence-electron chi connectivity index (χ3n) is 12.7. The summed E-state index contributed by atoms with van der Waals surface area (Å²) < 4.78 is 24.7. The van der Waals surface area contributed by atoms with Gasteiger partial charge in [0.15, 0.2) is 6.10 Å². The molecule has 10 heteroatoms. The topological polar surface area (TPSA) is 110 Å². The van der Waals surface area contributed by atoms with Crippen molar-refractivity contribution in [2.45, 2.75) is 76.1 Å². The van der Waals surface area contributed by atoms with E-state index in [0.29, 0.717) is 12.0 Å². The van der Waals surface area contributed by atoms with Crippen LogP contribution >= 0.6 is 0 Å². The van der Waals surface area contributed by atoms with Crippen molar-refractivity contribution in [2.24, 2.45) is 5.92 Å². The van der Waals surface area contributed by atoms with Crippen LogP contribution in [-0.2, 0) is 4.79 Å². The fourth-order valence-corrected chi connectivity index (χ4v) is 9.00. The molecule has 6 aromatic carbocycles. The van der Waals surface area contributed by atoms with E-state index in [9.17, 15) is 0 Å². The van der Waals surface area contributed by atoms with E-state index in [1.807, 2.05) is 80.0 Å². The van der Waals surface area contributed by atoms with Crippen molar-refractivity contribution in [2.75, 3.05) is 54.9 Å². The third kappa shape index (κ3) is 17.3. The maximum Gasteiger partial charge on any atom is 0.290 e. The van der Waals surface area contributed by atoms with Crippen LogP contribution < -0.4 is 19.5 Å². The Morgan fingerprint density at radius 2 is 1.20 bits per heavy atom. The largest absolute Gasteiger partial charge is 0.489 e. The number of fused-ring (bicyclic) bond motifs is 3. The fraction of sp³-hybridized carbons (Fsp3) is 0.344. The van der Waals surface area contributed by atoms with Crippen molar-refractivity contribution >= 4 is 38.8 Å².